The normalized spacial score (nSPS) is 12.7. The summed E-state index contributed by atoms with van der Waals surface area (Å²) in [6.45, 7) is 0.179. The summed E-state index contributed by atoms with van der Waals surface area (Å²) < 4.78 is 0. The van der Waals surface area contributed by atoms with Crippen LogP contribution in [0.25, 0.3) is 6.08 Å². The predicted octanol–water partition coefficient (Wildman–Crippen LogP) is 3.55. The lowest BCUT2D eigenvalue weighted by atomic mass is 9.99. The number of aliphatic hydroxyl groups excluding tert-OH is 1. The van der Waals surface area contributed by atoms with Gasteiger partial charge in [-0.2, -0.15) is 0 Å². The van der Waals surface area contributed by atoms with E-state index in [4.69, 9.17) is 0 Å². The van der Waals surface area contributed by atoms with Crippen LogP contribution in [0, 0.1) is 5.92 Å². The average Bonchev–Trinajstić information content (AvgIpc) is 2.45. The topological polar surface area (TPSA) is 20.2 Å². The van der Waals surface area contributed by atoms with Crippen molar-refractivity contribution >= 4 is 6.08 Å². The summed E-state index contributed by atoms with van der Waals surface area (Å²) in [6.07, 6.45) is 5.03. The van der Waals surface area contributed by atoms with Crippen molar-refractivity contribution in [3.63, 3.8) is 0 Å². The Balaban J connectivity index is 2.00. The Morgan fingerprint density at radius 2 is 1.50 bits per heavy atom. The van der Waals surface area contributed by atoms with E-state index in [1.165, 1.54) is 11.1 Å². The number of hydrogen-bond donors (Lipinski definition) is 1. The van der Waals surface area contributed by atoms with E-state index in [1.807, 2.05) is 36.4 Å². The zero-order valence-electron chi connectivity index (χ0n) is 10.4. The second-order valence-electron chi connectivity index (χ2n) is 4.40. The zero-order valence-corrected chi connectivity index (χ0v) is 10.4. The quantitative estimate of drug-likeness (QED) is 0.844. The van der Waals surface area contributed by atoms with Crippen molar-refractivity contribution in [2.75, 3.05) is 6.61 Å². The molecule has 2 rings (SSSR count). The number of rotatable bonds is 5. The fourth-order valence-corrected chi connectivity index (χ4v) is 1.92. The molecular weight excluding hydrogens is 220 g/mol. The van der Waals surface area contributed by atoms with E-state index in [0.717, 1.165) is 6.42 Å². The molecule has 2 aromatic rings. The van der Waals surface area contributed by atoms with Gasteiger partial charge in [-0.25, -0.2) is 0 Å². The first-order chi connectivity index (χ1) is 8.88. The first kappa shape index (κ1) is 12.6. The molecular formula is C17H18O. The second-order valence-corrected chi connectivity index (χ2v) is 4.40. The summed E-state index contributed by atoms with van der Waals surface area (Å²) in [6, 6.07) is 20.4. The van der Waals surface area contributed by atoms with Gasteiger partial charge in [0.05, 0.1) is 0 Å². The van der Waals surface area contributed by atoms with Crippen LogP contribution in [0.1, 0.15) is 11.1 Å². The minimum Gasteiger partial charge on any atom is -0.396 e. The van der Waals surface area contributed by atoms with Gasteiger partial charge in [0.25, 0.3) is 0 Å². The van der Waals surface area contributed by atoms with Gasteiger partial charge in [0.1, 0.15) is 0 Å². The monoisotopic (exact) mass is 238 g/mol. The van der Waals surface area contributed by atoms with E-state index in [0.29, 0.717) is 0 Å². The highest BCUT2D eigenvalue weighted by molar-refractivity contribution is 5.49. The van der Waals surface area contributed by atoms with Gasteiger partial charge in [0, 0.05) is 12.5 Å². The van der Waals surface area contributed by atoms with E-state index < -0.39 is 0 Å². The Morgan fingerprint density at radius 3 is 2.11 bits per heavy atom. The highest BCUT2D eigenvalue weighted by Crippen LogP contribution is 2.12. The fourth-order valence-electron chi connectivity index (χ4n) is 1.92. The lowest BCUT2D eigenvalue weighted by Crippen LogP contribution is -2.06. The van der Waals surface area contributed by atoms with E-state index in [-0.39, 0.29) is 12.5 Å². The number of hydrogen-bond acceptors (Lipinski definition) is 1. The summed E-state index contributed by atoms with van der Waals surface area (Å²) in [4.78, 5) is 0. The highest BCUT2D eigenvalue weighted by atomic mass is 16.3. The minimum atomic E-state index is 0.174. The molecule has 1 atom stereocenters. The minimum absolute atomic E-state index is 0.174. The van der Waals surface area contributed by atoms with Crippen molar-refractivity contribution in [1.82, 2.24) is 0 Å². The summed E-state index contributed by atoms with van der Waals surface area (Å²) >= 11 is 0. The smallest absolute Gasteiger partial charge is 0.0497 e. The molecule has 0 aliphatic carbocycles. The maximum atomic E-state index is 9.41. The van der Waals surface area contributed by atoms with Crippen LogP contribution in [0.2, 0.25) is 0 Å². The third-order valence-corrected chi connectivity index (χ3v) is 2.94. The molecule has 1 unspecified atom stereocenters. The molecule has 0 heterocycles. The van der Waals surface area contributed by atoms with Gasteiger partial charge >= 0.3 is 0 Å². The van der Waals surface area contributed by atoms with Gasteiger partial charge in [0.15, 0.2) is 0 Å². The average molecular weight is 238 g/mol. The Kier molecular flexibility index (Phi) is 4.74. The van der Waals surface area contributed by atoms with Gasteiger partial charge in [-0.1, -0.05) is 72.8 Å². The molecule has 0 fully saturated rings. The molecule has 0 aromatic heterocycles. The molecule has 0 aliphatic rings. The van der Waals surface area contributed by atoms with E-state index in [1.54, 1.807) is 0 Å². The first-order valence-electron chi connectivity index (χ1n) is 6.26. The predicted molar refractivity (Wildman–Crippen MR) is 76.2 cm³/mol. The van der Waals surface area contributed by atoms with Gasteiger partial charge in [-0.15, -0.1) is 0 Å². The van der Waals surface area contributed by atoms with Crippen molar-refractivity contribution in [3.8, 4) is 0 Å². The fraction of sp³-hybridized carbons (Fsp3) is 0.176. The van der Waals surface area contributed by atoms with E-state index >= 15 is 0 Å². The number of benzene rings is 2. The van der Waals surface area contributed by atoms with Gasteiger partial charge in [-0.3, -0.25) is 0 Å². The summed E-state index contributed by atoms with van der Waals surface area (Å²) in [5, 5.41) is 9.41. The lowest BCUT2D eigenvalue weighted by Gasteiger charge is -2.09. The van der Waals surface area contributed by atoms with Crippen LogP contribution in [-0.4, -0.2) is 11.7 Å². The molecule has 0 bridgehead atoms. The Bertz CT molecular complexity index is 473. The Labute approximate surface area is 108 Å². The first-order valence-corrected chi connectivity index (χ1v) is 6.26. The molecule has 0 amide bonds. The lowest BCUT2D eigenvalue weighted by molar-refractivity contribution is 0.252. The molecule has 0 aliphatic heterocycles. The van der Waals surface area contributed by atoms with Crippen molar-refractivity contribution in [2.24, 2.45) is 5.92 Å². The molecule has 0 spiro atoms. The maximum Gasteiger partial charge on any atom is 0.0497 e. The van der Waals surface area contributed by atoms with Gasteiger partial charge < -0.3 is 5.11 Å². The van der Waals surface area contributed by atoms with Crippen molar-refractivity contribution < 1.29 is 5.11 Å². The number of aliphatic hydroxyl groups is 1. The molecule has 1 nitrogen and oxygen atoms in total. The summed E-state index contributed by atoms with van der Waals surface area (Å²) in [7, 11) is 0. The van der Waals surface area contributed by atoms with Crippen molar-refractivity contribution in [3.05, 3.63) is 77.9 Å². The van der Waals surface area contributed by atoms with Crippen molar-refractivity contribution in [1.29, 1.82) is 0 Å². The molecule has 1 N–H and O–H groups in total. The molecule has 0 saturated carbocycles. The summed E-state index contributed by atoms with van der Waals surface area (Å²) in [5.74, 6) is 0.174. The maximum absolute atomic E-state index is 9.41. The van der Waals surface area contributed by atoms with Crippen LogP contribution in [0.5, 0.6) is 0 Å². The largest absolute Gasteiger partial charge is 0.396 e. The Hall–Kier alpha value is -1.86. The van der Waals surface area contributed by atoms with E-state index in [2.05, 4.69) is 36.4 Å². The molecule has 92 valence electrons. The standard InChI is InChI=1S/C17H18O/c18-14-17(13-16-9-5-2-6-10-16)12-11-15-7-3-1-4-8-15/h1-12,17-18H,13-14H2/b12-11+. The molecule has 2 aromatic carbocycles. The second kappa shape index (κ2) is 6.77. The molecule has 0 saturated heterocycles. The third-order valence-electron chi connectivity index (χ3n) is 2.94. The molecule has 0 radical (unpaired) electrons. The van der Waals surface area contributed by atoms with Gasteiger partial charge in [0.2, 0.25) is 0 Å². The van der Waals surface area contributed by atoms with Crippen LogP contribution >= 0.6 is 0 Å². The van der Waals surface area contributed by atoms with Crippen LogP contribution in [-0.2, 0) is 6.42 Å². The van der Waals surface area contributed by atoms with Gasteiger partial charge in [-0.05, 0) is 17.5 Å². The highest BCUT2D eigenvalue weighted by Gasteiger charge is 2.04. The Morgan fingerprint density at radius 1 is 0.889 bits per heavy atom. The SMILES string of the molecule is OCC(/C=C/c1ccccc1)Cc1ccccc1. The molecule has 1 heteroatoms. The van der Waals surface area contributed by atoms with Crippen molar-refractivity contribution in [2.45, 2.75) is 6.42 Å². The summed E-state index contributed by atoms with van der Waals surface area (Å²) in [5.41, 5.74) is 2.43. The van der Waals surface area contributed by atoms with Crippen LogP contribution in [0.15, 0.2) is 66.7 Å². The van der Waals surface area contributed by atoms with Crippen LogP contribution < -0.4 is 0 Å². The zero-order chi connectivity index (χ0) is 12.6. The van der Waals surface area contributed by atoms with Crippen LogP contribution in [0.3, 0.4) is 0 Å². The molecule has 18 heavy (non-hydrogen) atoms. The third kappa shape index (κ3) is 3.86. The van der Waals surface area contributed by atoms with Crippen LogP contribution in [0.4, 0.5) is 0 Å². The van der Waals surface area contributed by atoms with E-state index in [9.17, 15) is 5.11 Å².